The van der Waals surface area contributed by atoms with Crippen molar-refractivity contribution in [3.8, 4) is 0 Å². The first-order chi connectivity index (χ1) is 8.33. The molecule has 1 aromatic carbocycles. The molecule has 1 aromatic heterocycles. The Labute approximate surface area is 99.5 Å². The minimum absolute atomic E-state index is 0.0186. The summed E-state index contributed by atoms with van der Waals surface area (Å²) in [5.74, 6) is -0.0186. The number of H-pyrrole nitrogens is 1. The Morgan fingerprint density at radius 3 is 2.76 bits per heavy atom. The predicted molar refractivity (Wildman–Crippen MR) is 67.9 cm³/mol. The predicted octanol–water partition coefficient (Wildman–Crippen LogP) is 2.62. The van der Waals surface area contributed by atoms with Gasteiger partial charge in [0.25, 0.3) is 5.91 Å². The summed E-state index contributed by atoms with van der Waals surface area (Å²) >= 11 is 0. The van der Waals surface area contributed by atoms with E-state index in [1.807, 2.05) is 30.3 Å². The van der Waals surface area contributed by atoms with Crippen molar-refractivity contribution in [1.82, 2.24) is 10.3 Å². The minimum Gasteiger partial charge on any atom is -0.351 e. The van der Waals surface area contributed by atoms with Crippen molar-refractivity contribution in [1.29, 1.82) is 0 Å². The number of amides is 1. The zero-order valence-corrected chi connectivity index (χ0v) is 9.44. The lowest BCUT2D eigenvalue weighted by Gasteiger charge is -2.10. The van der Waals surface area contributed by atoms with Crippen LogP contribution in [0, 0.1) is 0 Å². The van der Waals surface area contributed by atoms with Crippen molar-refractivity contribution in [3.05, 3.63) is 48.2 Å². The lowest BCUT2D eigenvalue weighted by Crippen LogP contribution is -2.32. The third-order valence-electron chi connectivity index (χ3n) is 3.12. The van der Waals surface area contributed by atoms with Crippen molar-refractivity contribution >= 4 is 16.8 Å². The van der Waals surface area contributed by atoms with Crippen LogP contribution in [0.3, 0.4) is 0 Å². The molecule has 0 aliphatic heterocycles. The zero-order valence-electron chi connectivity index (χ0n) is 9.44. The Morgan fingerprint density at radius 1 is 1.24 bits per heavy atom. The van der Waals surface area contributed by atoms with Gasteiger partial charge >= 0.3 is 0 Å². The maximum atomic E-state index is 12.0. The highest BCUT2D eigenvalue weighted by Crippen LogP contribution is 2.15. The normalized spacial score (nSPS) is 15.5. The average molecular weight is 226 g/mol. The quantitative estimate of drug-likeness (QED) is 0.760. The molecule has 2 N–H and O–H groups in total. The fourth-order valence-corrected chi connectivity index (χ4v) is 2.19. The molecule has 0 unspecified atom stereocenters. The fraction of sp³-hybridized carbons (Fsp3) is 0.214. The molecular weight excluding hydrogens is 212 g/mol. The molecule has 2 aromatic rings. The summed E-state index contributed by atoms with van der Waals surface area (Å²) in [6, 6.07) is 10.1. The first-order valence-electron chi connectivity index (χ1n) is 5.86. The van der Waals surface area contributed by atoms with Gasteiger partial charge in [-0.3, -0.25) is 4.79 Å². The van der Waals surface area contributed by atoms with E-state index in [9.17, 15) is 4.79 Å². The van der Waals surface area contributed by atoms with Crippen LogP contribution < -0.4 is 5.32 Å². The summed E-state index contributed by atoms with van der Waals surface area (Å²) in [7, 11) is 0. The number of benzene rings is 1. The molecule has 0 saturated heterocycles. The minimum atomic E-state index is -0.0186. The molecule has 0 radical (unpaired) electrons. The van der Waals surface area contributed by atoms with E-state index < -0.39 is 0 Å². The van der Waals surface area contributed by atoms with Crippen molar-refractivity contribution < 1.29 is 4.79 Å². The third-order valence-corrected chi connectivity index (χ3v) is 3.12. The van der Waals surface area contributed by atoms with Gasteiger partial charge in [0.1, 0.15) is 5.69 Å². The number of aromatic amines is 1. The molecule has 1 aliphatic rings. The van der Waals surface area contributed by atoms with Crippen LogP contribution in [0.15, 0.2) is 42.5 Å². The lowest BCUT2D eigenvalue weighted by molar-refractivity contribution is 0.0935. The standard InChI is InChI=1S/C14H14N2O/c17-14(15-11-6-2-3-7-11)13-9-10-5-1-4-8-12(10)16-13/h1-5,8-9,11,16H,6-7H2,(H,15,17). The summed E-state index contributed by atoms with van der Waals surface area (Å²) in [6.45, 7) is 0. The topological polar surface area (TPSA) is 44.9 Å². The maximum absolute atomic E-state index is 12.0. The Kier molecular flexibility index (Phi) is 2.44. The number of hydrogen-bond acceptors (Lipinski definition) is 1. The molecular formula is C14H14N2O. The van der Waals surface area contributed by atoms with Crippen molar-refractivity contribution in [2.24, 2.45) is 0 Å². The van der Waals surface area contributed by atoms with Crippen LogP contribution in [0.2, 0.25) is 0 Å². The molecule has 1 amide bonds. The second-order valence-electron chi connectivity index (χ2n) is 4.38. The molecule has 3 nitrogen and oxygen atoms in total. The monoisotopic (exact) mass is 226 g/mol. The van der Waals surface area contributed by atoms with Crippen molar-refractivity contribution in [2.75, 3.05) is 0 Å². The Morgan fingerprint density at radius 2 is 2.00 bits per heavy atom. The van der Waals surface area contributed by atoms with E-state index in [4.69, 9.17) is 0 Å². The van der Waals surface area contributed by atoms with Gasteiger partial charge in [0.2, 0.25) is 0 Å². The molecule has 86 valence electrons. The van der Waals surface area contributed by atoms with Crippen LogP contribution >= 0.6 is 0 Å². The van der Waals surface area contributed by atoms with Crippen LogP contribution in [-0.4, -0.2) is 16.9 Å². The van der Waals surface area contributed by atoms with Gasteiger partial charge in [-0.15, -0.1) is 0 Å². The molecule has 3 heteroatoms. The molecule has 1 heterocycles. The van der Waals surface area contributed by atoms with Crippen LogP contribution in [0.4, 0.5) is 0 Å². The van der Waals surface area contributed by atoms with Gasteiger partial charge in [-0.1, -0.05) is 30.4 Å². The van der Waals surface area contributed by atoms with Gasteiger partial charge in [-0.25, -0.2) is 0 Å². The largest absolute Gasteiger partial charge is 0.351 e. The second-order valence-corrected chi connectivity index (χ2v) is 4.38. The van der Waals surface area contributed by atoms with Crippen molar-refractivity contribution in [2.45, 2.75) is 18.9 Å². The Hall–Kier alpha value is -2.03. The number of fused-ring (bicyclic) bond motifs is 1. The molecule has 0 saturated carbocycles. The highest BCUT2D eigenvalue weighted by molar-refractivity contribution is 5.98. The van der Waals surface area contributed by atoms with E-state index >= 15 is 0 Å². The van der Waals surface area contributed by atoms with Crippen LogP contribution in [0.1, 0.15) is 23.3 Å². The van der Waals surface area contributed by atoms with Gasteiger partial charge in [0, 0.05) is 16.9 Å². The highest BCUT2D eigenvalue weighted by Gasteiger charge is 2.15. The number of hydrogen-bond donors (Lipinski definition) is 2. The summed E-state index contributed by atoms with van der Waals surface area (Å²) in [4.78, 5) is 15.1. The molecule has 0 bridgehead atoms. The molecule has 3 rings (SSSR count). The SMILES string of the molecule is O=C(NC1CC=CC1)c1cc2ccccc2[nH]1. The fourth-order valence-electron chi connectivity index (χ4n) is 2.19. The van der Waals surface area contributed by atoms with E-state index in [0.717, 1.165) is 23.7 Å². The number of rotatable bonds is 2. The van der Waals surface area contributed by atoms with E-state index in [1.54, 1.807) is 0 Å². The highest BCUT2D eigenvalue weighted by atomic mass is 16.1. The Balaban J connectivity index is 1.80. The van der Waals surface area contributed by atoms with Gasteiger partial charge in [-0.05, 0) is 25.0 Å². The van der Waals surface area contributed by atoms with Gasteiger partial charge in [0.05, 0.1) is 0 Å². The average Bonchev–Trinajstić information content (AvgIpc) is 2.96. The van der Waals surface area contributed by atoms with Gasteiger partial charge in [-0.2, -0.15) is 0 Å². The van der Waals surface area contributed by atoms with Crippen molar-refractivity contribution in [3.63, 3.8) is 0 Å². The zero-order chi connectivity index (χ0) is 11.7. The van der Waals surface area contributed by atoms with E-state index in [1.165, 1.54) is 0 Å². The molecule has 1 aliphatic carbocycles. The maximum Gasteiger partial charge on any atom is 0.267 e. The first kappa shape index (κ1) is 10.1. The lowest BCUT2D eigenvalue weighted by atomic mass is 10.2. The Bertz CT molecular complexity index is 542. The van der Waals surface area contributed by atoms with Crippen LogP contribution in [0.25, 0.3) is 10.9 Å². The third kappa shape index (κ3) is 1.96. The van der Waals surface area contributed by atoms with E-state index in [-0.39, 0.29) is 11.9 Å². The number of carbonyl (C=O) groups is 1. The first-order valence-corrected chi connectivity index (χ1v) is 5.86. The smallest absolute Gasteiger partial charge is 0.267 e. The summed E-state index contributed by atoms with van der Waals surface area (Å²) in [5, 5.41) is 4.09. The van der Waals surface area contributed by atoms with E-state index in [2.05, 4.69) is 22.5 Å². The van der Waals surface area contributed by atoms with E-state index in [0.29, 0.717) is 5.69 Å². The molecule has 0 atom stereocenters. The van der Waals surface area contributed by atoms with Crippen LogP contribution in [0.5, 0.6) is 0 Å². The van der Waals surface area contributed by atoms with Gasteiger partial charge < -0.3 is 10.3 Å². The van der Waals surface area contributed by atoms with Crippen LogP contribution in [-0.2, 0) is 0 Å². The summed E-state index contributed by atoms with van der Waals surface area (Å²) < 4.78 is 0. The van der Waals surface area contributed by atoms with Gasteiger partial charge in [0.15, 0.2) is 0 Å². The molecule has 0 fully saturated rings. The number of carbonyl (C=O) groups excluding carboxylic acids is 1. The molecule has 17 heavy (non-hydrogen) atoms. The summed E-state index contributed by atoms with van der Waals surface area (Å²) in [6.07, 6.45) is 6.09. The number of para-hydroxylation sites is 1. The number of aromatic nitrogens is 1. The summed E-state index contributed by atoms with van der Waals surface area (Å²) in [5.41, 5.74) is 1.64. The molecule has 0 spiro atoms. The number of nitrogens with one attached hydrogen (secondary N) is 2. The second kappa shape index (κ2) is 4.09.